The molecule has 1 heterocycles. The van der Waals surface area contributed by atoms with E-state index in [0.29, 0.717) is 19.5 Å². The van der Waals surface area contributed by atoms with E-state index in [9.17, 15) is 24.1 Å². The van der Waals surface area contributed by atoms with Crippen molar-refractivity contribution in [3.8, 4) is 0 Å². The molecule has 8 heteroatoms. The van der Waals surface area contributed by atoms with Crippen molar-refractivity contribution in [3.05, 3.63) is 34.1 Å². The number of nitrogens with one attached hydrogen (secondary N) is 1. The summed E-state index contributed by atoms with van der Waals surface area (Å²) in [6.07, 6.45) is 1.36. The van der Waals surface area contributed by atoms with E-state index in [1.54, 1.807) is 4.90 Å². The van der Waals surface area contributed by atoms with Crippen LogP contribution in [0.3, 0.4) is 0 Å². The highest BCUT2D eigenvalue weighted by atomic mass is 19.1. The maximum absolute atomic E-state index is 13.3. The standard InChI is InChI=1S/C14H16FN3O4/c1-9(19)17-6-2-3-10(8-17)14(20)16-11-4-5-12(15)13(7-11)18(21)22/h4-5,7,10H,2-3,6,8H2,1H3,(H,16,20)/t10-/m1/s1. The molecule has 0 saturated carbocycles. The summed E-state index contributed by atoms with van der Waals surface area (Å²) in [6, 6.07) is 3.20. The minimum Gasteiger partial charge on any atom is -0.342 e. The van der Waals surface area contributed by atoms with Crippen molar-refractivity contribution >= 4 is 23.2 Å². The summed E-state index contributed by atoms with van der Waals surface area (Å²) in [4.78, 5) is 35.0. The highest BCUT2D eigenvalue weighted by Crippen LogP contribution is 2.23. The van der Waals surface area contributed by atoms with E-state index in [1.807, 2.05) is 0 Å². The number of hydrogen-bond acceptors (Lipinski definition) is 4. The van der Waals surface area contributed by atoms with E-state index in [0.717, 1.165) is 18.6 Å². The van der Waals surface area contributed by atoms with Gasteiger partial charge in [-0.3, -0.25) is 19.7 Å². The normalized spacial score (nSPS) is 17.9. The fraction of sp³-hybridized carbons (Fsp3) is 0.429. The number of carbonyl (C=O) groups excluding carboxylic acids is 2. The Morgan fingerprint density at radius 1 is 1.45 bits per heavy atom. The molecule has 0 bridgehead atoms. The molecule has 0 unspecified atom stereocenters. The molecule has 0 radical (unpaired) electrons. The fourth-order valence-electron chi connectivity index (χ4n) is 2.45. The summed E-state index contributed by atoms with van der Waals surface area (Å²) >= 11 is 0. The van der Waals surface area contributed by atoms with Crippen LogP contribution in [0.2, 0.25) is 0 Å². The summed E-state index contributed by atoms with van der Waals surface area (Å²) in [6.45, 7) is 2.40. The van der Waals surface area contributed by atoms with Gasteiger partial charge in [0, 0.05) is 31.8 Å². The fourth-order valence-corrected chi connectivity index (χ4v) is 2.45. The van der Waals surface area contributed by atoms with Gasteiger partial charge in [0.1, 0.15) is 0 Å². The summed E-state index contributed by atoms with van der Waals surface area (Å²) in [5, 5.41) is 13.2. The Morgan fingerprint density at radius 3 is 2.82 bits per heavy atom. The number of likely N-dealkylation sites (tertiary alicyclic amines) is 1. The van der Waals surface area contributed by atoms with Crippen LogP contribution in [0, 0.1) is 21.8 Å². The summed E-state index contributed by atoms with van der Waals surface area (Å²) in [5.41, 5.74) is -0.523. The lowest BCUT2D eigenvalue weighted by molar-refractivity contribution is -0.387. The third-order valence-corrected chi connectivity index (χ3v) is 3.65. The van der Waals surface area contributed by atoms with E-state index in [1.165, 1.54) is 13.0 Å². The molecule has 22 heavy (non-hydrogen) atoms. The number of anilines is 1. The number of carbonyl (C=O) groups is 2. The number of amides is 2. The number of nitro benzene ring substituents is 1. The second-order valence-corrected chi connectivity index (χ2v) is 5.22. The molecule has 1 aliphatic rings. The molecule has 1 N–H and O–H groups in total. The molecule has 1 saturated heterocycles. The smallest absolute Gasteiger partial charge is 0.306 e. The Kier molecular flexibility index (Phi) is 4.69. The first-order chi connectivity index (χ1) is 10.4. The number of nitrogens with zero attached hydrogens (tertiary/aromatic N) is 2. The monoisotopic (exact) mass is 309 g/mol. The van der Waals surface area contributed by atoms with Crippen molar-refractivity contribution in [2.75, 3.05) is 18.4 Å². The largest absolute Gasteiger partial charge is 0.342 e. The van der Waals surface area contributed by atoms with Crippen LogP contribution in [0.4, 0.5) is 15.8 Å². The maximum Gasteiger partial charge on any atom is 0.306 e. The van der Waals surface area contributed by atoms with Crippen molar-refractivity contribution in [2.24, 2.45) is 5.92 Å². The topological polar surface area (TPSA) is 92.6 Å². The van der Waals surface area contributed by atoms with E-state index < -0.39 is 16.4 Å². The summed E-state index contributed by atoms with van der Waals surface area (Å²) in [5.74, 6) is -1.74. The molecule has 118 valence electrons. The van der Waals surface area contributed by atoms with Crippen LogP contribution in [0.25, 0.3) is 0 Å². The molecule has 0 spiro atoms. The zero-order valence-electron chi connectivity index (χ0n) is 12.0. The lowest BCUT2D eigenvalue weighted by Gasteiger charge is -2.31. The van der Waals surface area contributed by atoms with Gasteiger partial charge >= 0.3 is 5.69 Å². The lowest BCUT2D eigenvalue weighted by Crippen LogP contribution is -2.42. The molecular weight excluding hydrogens is 293 g/mol. The Morgan fingerprint density at radius 2 is 2.18 bits per heavy atom. The van der Waals surface area contributed by atoms with Gasteiger partial charge in [-0.2, -0.15) is 4.39 Å². The number of nitro groups is 1. The zero-order chi connectivity index (χ0) is 16.3. The average molecular weight is 309 g/mol. The minimum atomic E-state index is -0.955. The lowest BCUT2D eigenvalue weighted by atomic mass is 9.97. The molecule has 2 amide bonds. The second kappa shape index (κ2) is 6.50. The predicted octanol–water partition coefficient (Wildman–Crippen LogP) is 1.93. The van der Waals surface area contributed by atoms with Gasteiger partial charge in [-0.05, 0) is 25.0 Å². The number of rotatable bonds is 3. The maximum atomic E-state index is 13.3. The average Bonchev–Trinajstić information content (AvgIpc) is 2.49. The van der Waals surface area contributed by atoms with Crippen LogP contribution in [0.5, 0.6) is 0 Å². The third kappa shape index (κ3) is 3.57. The van der Waals surface area contributed by atoms with Gasteiger partial charge in [0.15, 0.2) is 0 Å². The van der Waals surface area contributed by atoms with Gasteiger partial charge in [0.05, 0.1) is 10.8 Å². The van der Waals surface area contributed by atoms with Crippen molar-refractivity contribution in [1.29, 1.82) is 0 Å². The van der Waals surface area contributed by atoms with Crippen LogP contribution < -0.4 is 5.32 Å². The first-order valence-corrected chi connectivity index (χ1v) is 6.89. The summed E-state index contributed by atoms with van der Waals surface area (Å²) < 4.78 is 13.3. The Balaban J connectivity index is 2.07. The van der Waals surface area contributed by atoms with Crippen LogP contribution in [-0.2, 0) is 9.59 Å². The highest BCUT2D eigenvalue weighted by molar-refractivity contribution is 5.93. The molecule has 7 nitrogen and oxygen atoms in total. The van der Waals surface area contributed by atoms with Crippen LogP contribution in [0.1, 0.15) is 19.8 Å². The molecule has 1 aromatic rings. The minimum absolute atomic E-state index is 0.0880. The quantitative estimate of drug-likeness (QED) is 0.682. The third-order valence-electron chi connectivity index (χ3n) is 3.65. The van der Waals surface area contributed by atoms with Crippen molar-refractivity contribution < 1.29 is 18.9 Å². The molecule has 0 aliphatic carbocycles. The van der Waals surface area contributed by atoms with Crippen molar-refractivity contribution in [3.63, 3.8) is 0 Å². The molecule has 0 aromatic heterocycles. The van der Waals surface area contributed by atoms with E-state index >= 15 is 0 Å². The van der Waals surface area contributed by atoms with Crippen molar-refractivity contribution in [2.45, 2.75) is 19.8 Å². The van der Waals surface area contributed by atoms with Crippen LogP contribution >= 0.6 is 0 Å². The Hall–Kier alpha value is -2.51. The van der Waals surface area contributed by atoms with Gasteiger partial charge in [0.2, 0.25) is 17.6 Å². The van der Waals surface area contributed by atoms with E-state index in [4.69, 9.17) is 0 Å². The van der Waals surface area contributed by atoms with Crippen molar-refractivity contribution in [1.82, 2.24) is 4.90 Å². The first-order valence-electron chi connectivity index (χ1n) is 6.89. The van der Waals surface area contributed by atoms with Gasteiger partial charge in [-0.25, -0.2) is 0 Å². The van der Waals surface area contributed by atoms with E-state index in [-0.39, 0.29) is 23.4 Å². The van der Waals surface area contributed by atoms with Gasteiger partial charge in [-0.15, -0.1) is 0 Å². The molecule has 1 aliphatic heterocycles. The number of benzene rings is 1. The number of hydrogen-bond donors (Lipinski definition) is 1. The SMILES string of the molecule is CC(=O)N1CCC[C@@H](C(=O)Nc2ccc(F)c([N+](=O)[O-])c2)C1. The van der Waals surface area contributed by atoms with Gasteiger partial charge in [0.25, 0.3) is 0 Å². The highest BCUT2D eigenvalue weighted by Gasteiger charge is 2.27. The molecule has 1 fully saturated rings. The first kappa shape index (κ1) is 15.9. The molecular formula is C14H16FN3O4. The number of halogens is 1. The van der Waals surface area contributed by atoms with Crippen LogP contribution in [-0.4, -0.2) is 34.7 Å². The Bertz CT molecular complexity index is 620. The number of piperidine rings is 1. The van der Waals surface area contributed by atoms with Gasteiger partial charge < -0.3 is 10.2 Å². The zero-order valence-corrected chi connectivity index (χ0v) is 12.0. The van der Waals surface area contributed by atoms with E-state index in [2.05, 4.69) is 5.32 Å². The molecule has 2 rings (SSSR count). The molecule has 1 atom stereocenters. The molecule has 1 aromatic carbocycles. The Labute approximate surface area is 126 Å². The predicted molar refractivity (Wildman–Crippen MR) is 76.7 cm³/mol. The second-order valence-electron chi connectivity index (χ2n) is 5.22. The van der Waals surface area contributed by atoms with Crippen LogP contribution in [0.15, 0.2) is 18.2 Å². The van der Waals surface area contributed by atoms with Gasteiger partial charge in [-0.1, -0.05) is 0 Å². The summed E-state index contributed by atoms with van der Waals surface area (Å²) in [7, 11) is 0.